The van der Waals surface area contributed by atoms with E-state index in [1.54, 1.807) is 19.2 Å². The summed E-state index contributed by atoms with van der Waals surface area (Å²) in [5.41, 5.74) is 0.353. The maximum atomic E-state index is 12.5. The standard InChI is InChI=1S/C20H26N4O5/c1-27-16-10-13-14(11-17(16)28-2)21-18(22-19(13)25)12-23-5-7-24(8-6-23)20(26)15-4-3-9-29-15/h10-11,15H,3-9,12H2,1-2H3,(H,21,22,25)/t15-/m1/s1. The van der Waals surface area contributed by atoms with Crippen LogP contribution in [0.5, 0.6) is 11.5 Å². The molecule has 0 radical (unpaired) electrons. The maximum absolute atomic E-state index is 12.5. The van der Waals surface area contributed by atoms with Crippen LogP contribution in [0.15, 0.2) is 16.9 Å². The van der Waals surface area contributed by atoms with Crippen molar-refractivity contribution in [3.05, 3.63) is 28.3 Å². The summed E-state index contributed by atoms with van der Waals surface area (Å²) in [5, 5.41) is 0.457. The molecule has 2 fully saturated rings. The number of hydrogen-bond acceptors (Lipinski definition) is 7. The maximum Gasteiger partial charge on any atom is 0.258 e. The van der Waals surface area contributed by atoms with Gasteiger partial charge in [-0.1, -0.05) is 0 Å². The monoisotopic (exact) mass is 402 g/mol. The Labute approximate surface area is 168 Å². The van der Waals surface area contributed by atoms with Gasteiger partial charge in [-0.05, 0) is 18.9 Å². The number of carbonyl (C=O) groups is 1. The van der Waals surface area contributed by atoms with Crippen LogP contribution in [0.25, 0.3) is 10.9 Å². The molecule has 2 aromatic rings. The second-order valence-electron chi connectivity index (χ2n) is 7.34. The second-order valence-corrected chi connectivity index (χ2v) is 7.34. The Morgan fingerprint density at radius 3 is 2.59 bits per heavy atom. The van der Waals surface area contributed by atoms with Crippen LogP contribution in [0, 0.1) is 0 Å². The van der Waals surface area contributed by atoms with E-state index in [4.69, 9.17) is 14.2 Å². The van der Waals surface area contributed by atoms with Crippen molar-refractivity contribution in [1.82, 2.24) is 19.8 Å². The number of H-pyrrole nitrogens is 1. The lowest BCUT2D eigenvalue weighted by Crippen LogP contribution is -2.51. The van der Waals surface area contributed by atoms with E-state index in [0.29, 0.717) is 54.5 Å². The molecule has 2 aliphatic heterocycles. The topological polar surface area (TPSA) is 97.0 Å². The number of aromatic amines is 1. The van der Waals surface area contributed by atoms with Gasteiger partial charge in [0.25, 0.3) is 11.5 Å². The molecule has 1 atom stereocenters. The lowest BCUT2D eigenvalue weighted by Gasteiger charge is -2.35. The Hall–Kier alpha value is -2.65. The first-order valence-electron chi connectivity index (χ1n) is 9.86. The van der Waals surface area contributed by atoms with Gasteiger partial charge in [0.05, 0.1) is 31.7 Å². The number of fused-ring (bicyclic) bond motifs is 1. The summed E-state index contributed by atoms with van der Waals surface area (Å²) in [6, 6.07) is 3.35. The molecule has 9 nitrogen and oxygen atoms in total. The molecule has 1 aromatic heterocycles. The summed E-state index contributed by atoms with van der Waals surface area (Å²) >= 11 is 0. The Morgan fingerprint density at radius 1 is 1.21 bits per heavy atom. The number of nitrogens with one attached hydrogen (secondary N) is 1. The van der Waals surface area contributed by atoms with Gasteiger partial charge in [-0.3, -0.25) is 14.5 Å². The van der Waals surface area contributed by atoms with E-state index in [-0.39, 0.29) is 17.6 Å². The quantitative estimate of drug-likeness (QED) is 0.789. The van der Waals surface area contributed by atoms with Crippen molar-refractivity contribution in [3.63, 3.8) is 0 Å². The Morgan fingerprint density at radius 2 is 1.93 bits per heavy atom. The van der Waals surface area contributed by atoms with Gasteiger partial charge in [-0.15, -0.1) is 0 Å². The van der Waals surface area contributed by atoms with Crippen LogP contribution >= 0.6 is 0 Å². The molecule has 0 unspecified atom stereocenters. The molecule has 2 aliphatic rings. The predicted molar refractivity (Wildman–Crippen MR) is 106 cm³/mol. The van der Waals surface area contributed by atoms with E-state index < -0.39 is 0 Å². The molecule has 29 heavy (non-hydrogen) atoms. The van der Waals surface area contributed by atoms with Gasteiger partial charge in [0.15, 0.2) is 11.5 Å². The van der Waals surface area contributed by atoms with Gasteiger partial charge < -0.3 is 24.1 Å². The number of ether oxygens (including phenoxy) is 3. The molecule has 1 amide bonds. The summed E-state index contributed by atoms with van der Waals surface area (Å²) < 4.78 is 16.1. The van der Waals surface area contributed by atoms with E-state index in [0.717, 1.165) is 25.9 Å². The average Bonchev–Trinajstić information content (AvgIpc) is 3.28. The number of amides is 1. The van der Waals surface area contributed by atoms with Gasteiger partial charge in [0.1, 0.15) is 11.9 Å². The normalized spacial score (nSPS) is 20.2. The number of aromatic nitrogens is 2. The fourth-order valence-corrected chi connectivity index (χ4v) is 3.90. The van der Waals surface area contributed by atoms with Gasteiger partial charge in [-0.2, -0.15) is 0 Å². The number of nitrogens with zero attached hydrogens (tertiary/aromatic N) is 3. The third kappa shape index (κ3) is 4.06. The van der Waals surface area contributed by atoms with Crippen molar-refractivity contribution in [2.45, 2.75) is 25.5 Å². The minimum atomic E-state index is -0.271. The van der Waals surface area contributed by atoms with Crippen molar-refractivity contribution >= 4 is 16.8 Å². The van der Waals surface area contributed by atoms with Gasteiger partial charge >= 0.3 is 0 Å². The van der Waals surface area contributed by atoms with Crippen molar-refractivity contribution in [2.24, 2.45) is 0 Å². The van der Waals surface area contributed by atoms with Crippen molar-refractivity contribution in [1.29, 1.82) is 0 Å². The Bertz CT molecular complexity index is 946. The minimum absolute atomic E-state index is 0.0976. The second kappa shape index (κ2) is 8.38. The zero-order chi connectivity index (χ0) is 20.4. The molecular formula is C20H26N4O5. The summed E-state index contributed by atoms with van der Waals surface area (Å²) in [7, 11) is 3.08. The molecule has 1 aromatic carbocycles. The minimum Gasteiger partial charge on any atom is -0.493 e. The van der Waals surface area contributed by atoms with E-state index in [2.05, 4.69) is 14.9 Å². The van der Waals surface area contributed by atoms with Crippen LogP contribution < -0.4 is 15.0 Å². The molecule has 9 heteroatoms. The van der Waals surface area contributed by atoms with E-state index >= 15 is 0 Å². The number of methoxy groups -OCH3 is 2. The average molecular weight is 402 g/mol. The van der Waals surface area contributed by atoms with Crippen LogP contribution in [0.1, 0.15) is 18.7 Å². The third-order valence-corrected chi connectivity index (χ3v) is 5.52. The summed E-state index contributed by atoms with van der Waals surface area (Å²) in [5.74, 6) is 1.71. The van der Waals surface area contributed by atoms with Gasteiger partial charge in [0, 0.05) is 38.9 Å². The first-order chi connectivity index (χ1) is 14.1. The van der Waals surface area contributed by atoms with Gasteiger partial charge in [-0.25, -0.2) is 4.98 Å². The highest BCUT2D eigenvalue weighted by Gasteiger charge is 2.30. The summed E-state index contributed by atoms with van der Waals surface area (Å²) in [6.45, 7) is 3.96. The van der Waals surface area contributed by atoms with Crippen LogP contribution in [-0.4, -0.2) is 78.8 Å². The molecular weight excluding hydrogens is 376 g/mol. The highest BCUT2D eigenvalue weighted by molar-refractivity contribution is 5.82. The largest absolute Gasteiger partial charge is 0.493 e. The number of benzene rings is 1. The fraction of sp³-hybridized carbons (Fsp3) is 0.550. The zero-order valence-electron chi connectivity index (χ0n) is 16.8. The van der Waals surface area contributed by atoms with Crippen LogP contribution in [-0.2, 0) is 16.1 Å². The summed E-state index contributed by atoms with van der Waals surface area (Å²) in [6.07, 6.45) is 1.50. The lowest BCUT2D eigenvalue weighted by molar-refractivity contribution is -0.142. The van der Waals surface area contributed by atoms with Crippen LogP contribution in [0.3, 0.4) is 0 Å². The van der Waals surface area contributed by atoms with Gasteiger partial charge in [0.2, 0.25) is 0 Å². The first-order valence-corrected chi connectivity index (χ1v) is 9.86. The van der Waals surface area contributed by atoms with Crippen LogP contribution in [0.2, 0.25) is 0 Å². The Kier molecular flexibility index (Phi) is 5.68. The highest BCUT2D eigenvalue weighted by Crippen LogP contribution is 2.30. The Balaban J connectivity index is 1.44. The molecule has 0 aliphatic carbocycles. The smallest absolute Gasteiger partial charge is 0.258 e. The molecule has 3 heterocycles. The van der Waals surface area contributed by atoms with Crippen molar-refractivity contribution in [2.75, 3.05) is 47.0 Å². The zero-order valence-corrected chi connectivity index (χ0v) is 16.8. The van der Waals surface area contributed by atoms with E-state index in [1.165, 1.54) is 7.11 Å². The van der Waals surface area contributed by atoms with Crippen molar-refractivity contribution in [3.8, 4) is 11.5 Å². The SMILES string of the molecule is COc1cc2nc(CN3CCN(C(=O)[C@H]4CCCO4)CC3)[nH]c(=O)c2cc1OC. The number of hydrogen-bond donors (Lipinski definition) is 1. The molecule has 0 saturated carbocycles. The number of piperazine rings is 1. The molecule has 4 rings (SSSR count). The lowest BCUT2D eigenvalue weighted by atomic mass is 10.2. The highest BCUT2D eigenvalue weighted by atomic mass is 16.5. The van der Waals surface area contributed by atoms with E-state index in [9.17, 15) is 9.59 Å². The first kappa shape index (κ1) is 19.7. The summed E-state index contributed by atoms with van der Waals surface area (Å²) in [4.78, 5) is 36.5. The van der Waals surface area contributed by atoms with Crippen molar-refractivity contribution < 1.29 is 19.0 Å². The molecule has 1 N–H and O–H groups in total. The number of rotatable bonds is 5. The fourth-order valence-electron chi connectivity index (χ4n) is 3.90. The molecule has 156 valence electrons. The van der Waals surface area contributed by atoms with Crippen LogP contribution in [0.4, 0.5) is 0 Å². The predicted octanol–water partition coefficient (Wildman–Crippen LogP) is 0.764. The van der Waals surface area contributed by atoms with E-state index in [1.807, 2.05) is 4.90 Å². The molecule has 2 saturated heterocycles. The molecule has 0 bridgehead atoms. The third-order valence-electron chi connectivity index (χ3n) is 5.52. The number of carbonyl (C=O) groups excluding carboxylic acids is 1. The molecule has 0 spiro atoms.